The number of piperazine rings is 1. The van der Waals surface area contributed by atoms with Crippen LogP contribution < -0.4 is 5.32 Å². The van der Waals surface area contributed by atoms with Crippen LogP contribution in [0.3, 0.4) is 0 Å². The number of likely N-dealkylation sites (tertiary alicyclic amines) is 1. The predicted molar refractivity (Wildman–Crippen MR) is 88.2 cm³/mol. The van der Waals surface area contributed by atoms with Crippen molar-refractivity contribution in [1.82, 2.24) is 20.1 Å². The lowest BCUT2D eigenvalue weighted by Gasteiger charge is -2.32. The number of ether oxygens (including phenoxy) is 1. The van der Waals surface area contributed by atoms with Crippen molar-refractivity contribution >= 4 is 11.3 Å². The van der Waals surface area contributed by atoms with Gasteiger partial charge in [-0.3, -0.25) is 9.80 Å². The molecule has 0 saturated carbocycles. The molecule has 1 N–H and O–H groups in total. The average Bonchev–Trinajstić information content (AvgIpc) is 3.30. The highest BCUT2D eigenvalue weighted by Crippen LogP contribution is 2.32. The van der Waals surface area contributed by atoms with Crippen molar-refractivity contribution in [3.63, 3.8) is 0 Å². The number of hydrogen-bond donors (Lipinski definition) is 1. The molecule has 0 spiro atoms. The minimum Gasteiger partial charge on any atom is -0.371 e. The van der Waals surface area contributed by atoms with Crippen LogP contribution in [0.25, 0.3) is 0 Å². The molecule has 0 aliphatic carbocycles. The monoisotopic (exact) mass is 322 g/mol. The van der Waals surface area contributed by atoms with Gasteiger partial charge in [0.1, 0.15) is 11.1 Å². The first-order valence-electron chi connectivity index (χ1n) is 8.62. The van der Waals surface area contributed by atoms with Crippen molar-refractivity contribution < 1.29 is 4.74 Å². The highest BCUT2D eigenvalue weighted by molar-refractivity contribution is 7.11. The van der Waals surface area contributed by atoms with Gasteiger partial charge in [-0.05, 0) is 19.3 Å². The van der Waals surface area contributed by atoms with E-state index in [1.165, 1.54) is 48.9 Å². The molecule has 2 atom stereocenters. The van der Waals surface area contributed by atoms with E-state index in [0.717, 1.165) is 38.7 Å². The molecule has 3 aliphatic rings. The maximum Gasteiger partial charge on any atom is 0.122 e. The van der Waals surface area contributed by atoms with Crippen LogP contribution >= 0.6 is 11.3 Å². The van der Waals surface area contributed by atoms with Crippen molar-refractivity contribution in [3.05, 3.63) is 16.1 Å². The Labute approximate surface area is 136 Å². The van der Waals surface area contributed by atoms with E-state index in [1.807, 2.05) is 11.3 Å². The molecule has 0 radical (unpaired) electrons. The summed E-state index contributed by atoms with van der Waals surface area (Å²) in [6, 6.07) is 0.757. The zero-order chi connectivity index (χ0) is 14.8. The van der Waals surface area contributed by atoms with Crippen molar-refractivity contribution in [1.29, 1.82) is 0 Å². The summed E-state index contributed by atoms with van der Waals surface area (Å²) in [5.74, 6) is 0. The van der Waals surface area contributed by atoms with Gasteiger partial charge in [-0.25, -0.2) is 4.98 Å². The fourth-order valence-electron chi connectivity index (χ4n) is 3.84. The molecule has 1 aromatic rings. The molecule has 3 fully saturated rings. The van der Waals surface area contributed by atoms with Crippen molar-refractivity contribution in [2.45, 2.75) is 38.0 Å². The van der Waals surface area contributed by atoms with E-state index in [1.54, 1.807) is 0 Å². The number of hydrogen-bond acceptors (Lipinski definition) is 6. The second-order valence-electron chi connectivity index (χ2n) is 6.63. The van der Waals surface area contributed by atoms with Crippen LogP contribution in [0.15, 0.2) is 6.20 Å². The minimum atomic E-state index is 0.269. The first-order valence-corrected chi connectivity index (χ1v) is 9.43. The highest BCUT2D eigenvalue weighted by Gasteiger charge is 2.29. The molecular formula is C16H26N4OS. The molecule has 0 bridgehead atoms. The fraction of sp³-hybridized carbons (Fsp3) is 0.812. The Balaban J connectivity index is 1.30. The highest BCUT2D eigenvalue weighted by atomic mass is 32.1. The summed E-state index contributed by atoms with van der Waals surface area (Å²) in [5.41, 5.74) is 0. The largest absolute Gasteiger partial charge is 0.371 e. The lowest BCUT2D eigenvalue weighted by molar-refractivity contribution is 0.111. The van der Waals surface area contributed by atoms with Gasteiger partial charge in [0.25, 0.3) is 0 Å². The summed E-state index contributed by atoms with van der Waals surface area (Å²) in [5, 5.41) is 4.63. The summed E-state index contributed by atoms with van der Waals surface area (Å²) in [6.07, 6.45) is 5.97. The van der Waals surface area contributed by atoms with Crippen molar-refractivity contribution in [3.8, 4) is 0 Å². The van der Waals surface area contributed by atoms with E-state index in [9.17, 15) is 0 Å². The Morgan fingerprint density at radius 3 is 3.00 bits per heavy atom. The van der Waals surface area contributed by atoms with Gasteiger partial charge in [-0.1, -0.05) is 0 Å². The molecule has 3 saturated heterocycles. The molecule has 1 aromatic heterocycles. The molecule has 122 valence electrons. The SMILES string of the molecule is c1nc(C2CCCO2)sc1CN1CCC(N2CCNCC2)C1. The Morgan fingerprint density at radius 1 is 1.27 bits per heavy atom. The van der Waals surface area contributed by atoms with Gasteiger partial charge < -0.3 is 10.1 Å². The van der Waals surface area contributed by atoms with Crippen LogP contribution in [0, 0.1) is 0 Å². The number of aromatic nitrogens is 1. The molecule has 3 aliphatic heterocycles. The van der Waals surface area contributed by atoms with Crippen LogP contribution in [-0.2, 0) is 11.3 Å². The summed E-state index contributed by atoms with van der Waals surface area (Å²) >= 11 is 1.85. The van der Waals surface area contributed by atoms with Crippen molar-refractivity contribution in [2.75, 3.05) is 45.9 Å². The van der Waals surface area contributed by atoms with Crippen LogP contribution in [-0.4, -0.2) is 66.7 Å². The first-order chi connectivity index (χ1) is 10.9. The van der Waals surface area contributed by atoms with Gasteiger partial charge in [0, 0.05) is 69.5 Å². The average molecular weight is 322 g/mol. The van der Waals surface area contributed by atoms with Gasteiger partial charge >= 0.3 is 0 Å². The first kappa shape index (κ1) is 15.0. The Bertz CT molecular complexity index is 482. The van der Waals surface area contributed by atoms with Crippen LogP contribution in [0.4, 0.5) is 0 Å². The number of thiazole rings is 1. The van der Waals surface area contributed by atoms with E-state index < -0.39 is 0 Å². The Morgan fingerprint density at radius 2 is 2.18 bits per heavy atom. The lowest BCUT2D eigenvalue weighted by Crippen LogP contribution is -2.49. The molecule has 4 rings (SSSR count). The van der Waals surface area contributed by atoms with E-state index in [4.69, 9.17) is 4.74 Å². The van der Waals surface area contributed by atoms with Gasteiger partial charge in [0.05, 0.1) is 0 Å². The standard InChI is InChI=1S/C16H26N4OS/c1-2-15(21-9-1)16-18-10-14(22-16)12-19-6-3-13(11-19)20-7-4-17-5-8-20/h10,13,15,17H,1-9,11-12H2. The molecule has 5 nitrogen and oxygen atoms in total. The predicted octanol–water partition coefficient (Wildman–Crippen LogP) is 1.47. The van der Waals surface area contributed by atoms with Crippen LogP contribution in [0.1, 0.15) is 35.3 Å². The molecule has 6 heteroatoms. The third-order valence-electron chi connectivity index (χ3n) is 5.07. The van der Waals surface area contributed by atoms with E-state index in [0.29, 0.717) is 0 Å². The van der Waals surface area contributed by atoms with Gasteiger partial charge in [0.2, 0.25) is 0 Å². The molecule has 22 heavy (non-hydrogen) atoms. The second-order valence-corrected chi connectivity index (χ2v) is 7.78. The molecule has 0 amide bonds. The zero-order valence-electron chi connectivity index (χ0n) is 13.2. The summed E-state index contributed by atoms with van der Waals surface area (Å²) in [6.45, 7) is 9.12. The van der Waals surface area contributed by atoms with Gasteiger partial charge in [0.15, 0.2) is 0 Å². The van der Waals surface area contributed by atoms with Gasteiger partial charge in [-0.15, -0.1) is 11.3 Å². The normalized spacial score (nSPS) is 31.1. The molecule has 0 aromatic carbocycles. The van der Waals surface area contributed by atoms with Crippen LogP contribution in [0.5, 0.6) is 0 Å². The topological polar surface area (TPSA) is 40.6 Å². The summed E-state index contributed by atoms with van der Waals surface area (Å²) in [4.78, 5) is 11.3. The number of rotatable bonds is 4. The fourth-order valence-corrected chi connectivity index (χ4v) is 4.88. The quantitative estimate of drug-likeness (QED) is 0.909. The number of nitrogens with one attached hydrogen (secondary N) is 1. The maximum atomic E-state index is 5.74. The molecule has 2 unspecified atom stereocenters. The van der Waals surface area contributed by atoms with Crippen LogP contribution in [0.2, 0.25) is 0 Å². The number of nitrogens with zero attached hydrogens (tertiary/aromatic N) is 3. The Hall–Kier alpha value is -0.530. The maximum absolute atomic E-state index is 5.74. The smallest absolute Gasteiger partial charge is 0.122 e. The lowest BCUT2D eigenvalue weighted by atomic mass is 10.2. The zero-order valence-corrected chi connectivity index (χ0v) is 14.0. The molecular weight excluding hydrogens is 296 g/mol. The third-order valence-corrected chi connectivity index (χ3v) is 6.15. The van der Waals surface area contributed by atoms with E-state index >= 15 is 0 Å². The van der Waals surface area contributed by atoms with E-state index in [2.05, 4.69) is 26.3 Å². The second kappa shape index (κ2) is 6.93. The van der Waals surface area contributed by atoms with Crippen molar-refractivity contribution in [2.24, 2.45) is 0 Å². The summed E-state index contributed by atoms with van der Waals surface area (Å²) < 4.78 is 5.74. The molecule has 4 heterocycles. The van der Waals surface area contributed by atoms with Gasteiger partial charge in [-0.2, -0.15) is 0 Å². The van der Waals surface area contributed by atoms with E-state index in [-0.39, 0.29) is 6.10 Å². The minimum absolute atomic E-state index is 0.269. The Kier molecular flexibility index (Phi) is 4.73. The summed E-state index contributed by atoms with van der Waals surface area (Å²) in [7, 11) is 0. The third kappa shape index (κ3) is 3.36.